The lowest BCUT2D eigenvalue weighted by molar-refractivity contribution is 0.284. The van der Waals surface area contributed by atoms with Gasteiger partial charge in [0, 0.05) is 17.6 Å². The number of hydrogen-bond acceptors (Lipinski definition) is 2. The zero-order valence-corrected chi connectivity index (χ0v) is 8.08. The molecule has 2 nitrogen and oxygen atoms in total. The molecule has 1 N–H and O–H groups in total. The van der Waals surface area contributed by atoms with Crippen molar-refractivity contribution in [3.05, 3.63) is 29.8 Å². The van der Waals surface area contributed by atoms with E-state index in [9.17, 15) is 0 Å². The molecule has 2 unspecified atom stereocenters. The van der Waals surface area contributed by atoms with Gasteiger partial charge in [-0.1, -0.05) is 18.2 Å². The van der Waals surface area contributed by atoms with Gasteiger partial charge in [-0.2, -0.15) is 0 Å². The Kier molecular flexibility index (Phi) is 2.23. The van der Waals surface area contributed by atoms with Gasteiger partial charge in [-0.25, -0.2) is 0 Å². The molecule has 0 aromatic heterocycles. The Hall–Kier alpha value is -1.02. The Morgan fingerprint density at radius 3 is 2.92 bits per heavy atom. The summed E-state index contributed by atoms with van der Waals surface area (Å²) in [7, 11) is 0. The average molecular weight is 177 g/mol. The van der Waals surface area contributed by atoms with E-state index in [2.05, 4.69) is 31.3 Å². The minimum absolute atomic E-state index is 0.383. The fraction of sp³-hybridized carbons (Fsp3) is 0.455. The lowest BCUT2D eigenvalue weighted by atomic mass is 10.1. The van der Waals surface area contributed by atoms with Gasteiger partial charge in [0.2, 0.25) is 0 Å². The molecule has 0 fully saturated rings. The van der Waals surface area contributed by atoms with Crippen molar-refractivity contribution in [1.82, 2.24) is 5.32 Å². The quantitative estimate of drug-likeness (QED) is 0.655. The van der Waals surface area contributed by atoms with Gasteiger partial charge < -0.3 is 10.1 Å². The first-order chi connectivity index (χ1) is 6.27. The van der Waals surface area contributed by atoms with Crippen molar-refractivity contribution in [2.45, 2.75) is 25.9 Å². The second-order valence-electron chi connectivity index (χ2n) is 3.64. The first kappa shape index (κ1) is 8.57. The Morgan fingerprint density at radius 2 is 2.08 bits per heavy atom. The van der Waals surface area contributed by atoms with Gasteiger partial charge in [-0.05, 0) is 19.9 Å². The highest BCUT2D eigenvalue weighted by Crippen LogP contribution is 2.27. The highest BCUT2D eigenvalue weighted by Gasteiger charge is 2.17. The first-order valence-electron chi connectivity index (χ1n) is 4.75. The van der Waals surface area contributed by atoms with Crippen LogP contribution in [0.15, 0.2) is 24.3 Å². The molecule has 2 heteroatoms. The molecule has 13 heavy (non-hydrogen) atoms. The summed E-state index contributed by atoms with van der Waals surface area (Å²) in [5.41, 5.74) is 1.26. The van der Waals surface area contributed by atoms with E-state index in [0.29, 0.717) is 12.1 Å². The maximum absolute atomic E-state index is 5.67. The van der Waals surface area contributed by atoms with Crippen molar-refractivity contribution in [1.29, 1.82) is 0 Å². The minimum Gasteiger partial charge on any atom is -0.492 e. The van der Waals surface area contributed by atoms with Crippen LogP contribution in [0, 0.1) is 0 Å². The molecule has 70 valence electrons. The van der Waals surface area contributed by atoms with E-state index >= 15 is 0 Å². The highest BCUT2D eigenvalue weighted by atomic mass is 16.5. The van der Waals surface area contributed by atoms with E-state index in [0.717, 1.165) is 12.4 Å². The number of rotatable bonds is 0. The summed E-state index contributed by atoms with van der Waals surface area (Å²) in [6, 6.07) is 9.02. The predicted molar refractivity (Wildman–Crippen MR) is 52.9 cm³/mol. The summed E-state index contributed by atoms with van der Waals surface area (Å²) in [5, 5.41) is 3.47. The summed E-state index contributed by atoms with van der Waals surface area (Å²) in [4.78, 5) is 0. The molecule has 2 atom stereocenters. The monoisotopic (exact) mass is 177 g/mol. The molecule has 1 aromatic rings. The van der Waals surface area contributed by atoms with Crippen molar-refractivity contribution in [2.75, 3.05) is 6.61 Å². The Bertz CT molecular complexity index is 298. The number of ether oxygens (including phenoxy) is 1. The summed E-state index contributed by atoms with van der Waals surface area (Å²) in [6.45, 7) is 5.06. The molecule has 0 aliphatic carbocycles. The van der Waals surface area contributed by atoms with Crippen LogP contribution in [0.3, 0.4) is 0 Å². The predicted octanol–water partition coefficient (Wildman–Crippen LogP) is 2.12. The smallest absolute Gasteiger partial charge is 0.124 e. The van der Waals surface area contributed by atoms with Crippen LogP contribution in [-0.4, -0.2) is 12.6 Å². The SMILES string of the molecule is CC1COc2ccccc2C(C)N1. The standard InChI is InChI=1S/C11H15NO/c1-8-7-13-11-6-4-3-5-10(11)9(2)12-8/h3-6,8-9,12H,7H2,1-2H3. The average Bonchev–Trinajstić information content (AvgIpc) is 2.27. The van der Waals surface area contributed by atoms with Crippen molar-refractivity contribution >= 4 is 0 Å². The maximum atomic E-state index is 5.67. The van der Waals surface area contributed by atoms with E-state index in [4.69, 9.17) is 4.74 Å². The molecule has 0 spiro atoms. The van der Waals surface area contributed by atoms with Crippen LogP contribution < -0.4 is 10.1 Å². The third kappa shape index (κ3) is 1.68. The van der Waals surface area contributed by atoms with Crippen molar-refractivity contribution in [3.8, 4) is 5.75 Å². The topological polar surface area (TPSA) is 21.3 Å². The van der Waals surface area contributed by atoms with E-state index in [-0.39, 0.29) is 0 Å². The van der Waals surface area contributed by atoms with Gasteiger partial charge in [0.15, 0.2) is 0 Å². The molecule has 1 aromatic carbocycles. The van der Waals surface area contributed by atoms with E-state index in [1.165, 1.54) is 5.56 Å². The largest absolute Gasteiger partial charge is 0.492 e. The van der Waals surface area contributed by atoms with Crippen LogP contribution in [0.4, 0.5) is 0 Å². The van der Waals surface area contributed by atoms with E-state index in [1.54, 1.807) is 0 Å². The van der Waals surface area contributed by atoms with Crippen LogP contribution in [0.1, 0.15) is 25.5 Å². The first-order valence-corrected chi connectivity index (χ1v) is 4.75. The lowest BCUT2D eigenvalue weighted by Gasteiger charge is -2.14. The number of nitrogens with one attached hydrogen (secondary N) is 1. The van der Waals surface area contributed by atoms with Crippen LogP contribution in [0.25, 0.3) is 0 Å². The summed E-state index contributed by atoms with van der Waals surface area (Å²) < 4.78 is 5.67. The van der Waals surface area contributed by atoms with Gasteiger partial charge in [0.05, 0.1) is 0 Å². The Balaban J connectivity index is 2.35. The molecule has 2 rings (SSSR count). The molecule has 0 radical (unpaired) electrons. The molecule has 1 aliphatic heterocycles. The van der Waals surface area contributed by atoms with Crippen LogP contribution in [0.5, 0.6) is 5.75 Å². The molecule has 0 saturated carbocycles. The number of para-hydroxylation sites is 1. The van der Waals surface area contributed by atoms with Gasteiger partial charge in [-0.15, -0.1) is 0 Å². The zero-order chi connectivity index (χ0) is 9.26. The van der Waals surface area contributed by atoms with Crippen LogP contribution in [0.2, 0.25) is 0 Å². The molecule has 1 heterocycles. The third-order valence-corrected chi connectivity index (χ3v) is 2.41. The fourth-order valence-electron chi connectivity index (χ4n) is 1.75. The fourth-order valence-corrected chi connectivity index (χ4v) is 1.75. The third-order valence-electron chi connectivity index (χ3n) is 2.41. The Labute approximate surface area is 78.9 Å². The Morgan fingerprint density at radius 1 is 1.31 bits per heavy atom. The van der Waals surface area contributed by atoms with Crippen molar-refractivity contribution in [2.24, 2.45) is 0 Å². The normalized spacial score (nSPS) is 27.2. The lowest BCUT2D eigenvalue weighted by Crippen LogP contribution is -2.30. The highest BCUT2D eigenvalue weighted by molar-refractivity contribution is 5.36. The molecular formula is C11H15NO. The van der Waals surface area contributed by atoms with Gasteiger partial charge >= 0.3 is 0 Å². The summed E-state index contributed by atoms with van der Waals surface area (Å²) >= 11 is 0. The van der Waals surface area contributed by atoms with Crippen LogP contribution >= 0.6 is 0 Å². The second-order valence-corrected chi connectivity index (χ2v) is 3.64. The van der Waals surface area contributed by atoms with Gasteiger partial charge in [0.25, 0.3) is 0 Å². The zero-order valence-electron chi connectivity index (χ0n) is 8.08. The maximum Gasteiger partial charge on any atom is 0.124 e. The second kappa shape index (κ2) is 3.38. The number of benzene rings is 1. The molecule has 0 bridgehead atoms. The van der Waals surface area contributed by atoms with Gasteiger partial charge in [0.1, 0.15) is 12.4 Å². The van der Waals surface area contributed by atoms with Gasteiger partial charge in [-0.3, -0.25) is 0 Å². The number of hydrogen-bond donors (Lipinski definition) is 1. The van der Waals surface area contributed by atoms with Crippen molar-refractivity contribution in [3.63, 3.8) is 0 Å². The summed E-state index contributed by atoms with van der Waals surface area (Å²) in [5.74, 6) is 1.02. The summed E-state index contributed by atoms with van der Waals surface area (Å²) in [6.07, 6.45) is 0. The van der Waals surface area contributed by atoms with Crippen LogP contribution in [-0.2, 0) is 0 Å². The molecule has 1 aliphatic rings. The van der Waals surface area contributed by atoms with E-state index in [1.807, 2.05) is 12.1 Å². The molecular weight excluding hydrogens is 162 g/mol. The minimum atomic E-state index is 0.383. The van der Waals surface area contributed by atoms with Crippen molar-refractivity contribution < 1.29 is 4.74 Å². The van der Waals surface area contributed by atoms with E-state index < -0.39 is 0 Å². The molecule has 0 amide bonds. The number of fused-ring (bicyclic) bond motifs is 1. The molecule has 0 saturated heterocycles.